The first kappa shape index (κ1) is 11.8. The zero-order valence-corrected chi connectivity index (χ0v) is 11.0. The number of alkyl halides is 2. The molecule has 2 nitrogen and oxygen atoms in total. The largest absolute Gasteiger partial charge is 0.325 e. The lowest BCUT2D eigenvalue weighted by molar-refractivity contribution is -0.117. The Morgan fingerprint density at radius 1 is 1.17 bits per heavy atom. The van der Waals surface area contributed by atoms with E-state index in [0.717, 1.165) is 16.5 Å². The van der Waals surface area contributed by atoms with E-state index in [0.29, 0.717) is 6.42 Å². The minimum absolute atomic E-state index is 0.114. The molecule has 3 rings (SSSR count). The van der Waals surface area contributed by atoms with E-state index in [4.69, 9.17) is 23.2 Å². The molecule has 1 saturated carbocycles. The summed E-state index contributed by atoms with van der Waals surface area (Å²) in [5, 5.41) is 5.00. The first-order chi connectivity index (χ1) is 8.58. The fourth-order valence-electron chi connectivity index (χ4n) is 2.05. The molecule has 1 fully saturated rings. The maximum absolute atomic E-state index is 12.0. The van der Waals surface area contributed by atoms with Crippen LogP contribution < -0.4 is 5.32 Å². The number of hydrogen-bond donors (Lipinski definition) is 1. The number of halogens is 2. The van der Waals surface area contributed by atoms with Gasteiger partial charge in [-0.15, -0.1) is 23.2 Å². The number of rotatable bonds is 2. The summed E-state index contributed by atoms with van der Waals surface area (Å²) >= 11 is 11.8. The van der Waals surface area contributed by atoms with Crippen molar-refractivity contribution in [2.24, 2.45) is 5.92 Å². The van der Waals surface area contributed by atoms with Crippen LogP contribution in [0.15, 0.2) is 42.5 Å². The van der Waals surface area contributed by atoms with Crippen molar-refractivity contribution in [2.75, 3.05) is 5.32 Å². The highest BCUT2D eigenvalue weighted by molar-refractivity contribution is 6.52. The predicted molar refractivity (Wildman–Crippen MR) is 75.1 cm³/mol. The SMILES string of the molecule is O=C(Nc1cccc2ccccc12)[C@@H]1CC1(Cl)Cl. The fraction of sp³-hybridized carbons (Fsp3) is 0.214. The van der Waals surface area contributed by atoms with Crippen molar-refractivity contribution in [1.29, 1.82) is 0 Å². The van der Waals surface area contributed by atoms with Gasteiger partial charge in [-0.3, -0.25) is 4.79 Å². The van der Waals surface area contributed by atoms with Gasteiger partial charge in [-0.05, 0) is 17.9 Å². The molecule has 0 aliphatic heterocycles. The van der Waals surface area contributed by atoms with E-state index >= 15 is 0 Å². The Balaban J connectivity index is 1.89. The van der Waals surface area contributed by atoms with E-state index in [-0.39, 0.29) is 11.8 Å². The molecule has 1 aliphatic rings. The van der Waals surface area contributed by atoms with E-state index in [1.807, 2.05) is 42.5 Å². The Morgan fingerprint density at radius 2 is 1.83 bits per heavy atom. The van der Waals surface area contributed by atoms with Gasteiger partial charge in [-0.1, -0.05) is 36.4 Å². The maximum atomic E-state index is 12.0. The summed E-state index contributed by atoms with van der Waals surface area (Å²) in [5.74, 6) is -0.420. The van der Waals surface area contributed by atoms with Gasteiger partial charge in [0.15, 0.2) is 0 Å². The molecule has 0 spiro atoms. The van der Waals surface area contributed by atoms with Crippen LogP contribution >= 0.6 is 23.2 Å². The lowest BCUT2D eigenvalue weighted by atomic mass is 10.1. The molecule has 0 aromatic heterocycles. The zero-order valence-electron chi connectivity index (χ0n) is 9.49. The van der Waals surface area contributed by atoms with Gasteiger partial charge in [0.25, 0.3) is 0 Å². The van der Waals surface area contributed by atoms with Gasteiger partial charge in [0.1, 0.15) is 4.33 Å². The van der Waals surface area contributed by atoms with Crippen molar-refractivity contribution in [2.45, 2.75) is 10.8 Å². The summed E-state index contributed by atoms with van der Waals surface area (Å²) in [6.45, 7) is 0. The molecule has 0 unspecified atom stereocenters. The lowest BCUT2D eigenvalue weighted by Crippen LogP contribution is -2.16. The molecule has 18 heavy (non-hydrogen) atoms. The second kappa shape index (κ2) is 4.15. The van der Waals surface area contributed by atoms with Gasteiger partial charge in [-0.2, -0.15) is 0 Å². The number of hydrogen-bond acceptors (Lipinski definition) is 1. The standard InChI is InChI=1S/C14H11Cl2NO/c15-14(16)8-11(14)13(18)17-12-7-3-5-9-4-1-2-6-10(9)12/h1-7,11H,8H2,(H,17,18)/t11-/m0/s1. The number of carbonyl (C=O) groups excluding carboxylic acids is 1. The van der Waals surface area contributed by atoms with Gasteiger partial charge in [0.05, 0.1) is 5.92 Å². The molecule has 0 heterocycles. The van der Waals surface area contributed by atoms with Crippen LogP contribution in [0.25, 0.3) is 10.8 Å². The molecular weight excluding hydrogens is 269 g/mol. The second-order valence-electron chi connectivity index (χ2n) is 4.53. The number of anilines is 1. The van der Waals surface area contributed by atoms with Gasteiger partial charge in [0.2, 0.25) is 5.91 Å². The van der Waals surface area contributed by atoms with Crippen LogP contribution in [-0.4, -0.2) is 10.2 Å². The van der Waals surface area contributed by atoms with E-state index in [1.54, 1.807) is 0 Å². The summed E-state index contributed by atoms with van der Waals surface area (Å²) in [5.41, 5.74) is 0.800. The van der Waals surface area contributed by atoms with Gasteiger partial charge in [0, 0.05) is 11.1 Å². The highest BCUT2D eigenvalue weighted by Gasteiger charge is 2.56. The van der Waals surface area contributed by atoms with Crippen molar-refractivity contribution >= 4 is 45.6 Å². The fourth-order valence-corrected chi connectivity index (χ4v) is 2.56. The lowest BCUT2D eigenvalue weighted by Gasteiger charge is -2.08. The van der Waals surface area contributed by atoms with Crippen molar-refractivity contribution in [3.63, 3.8) is 0 Å². The Morgan fingerprint density at radius 3 is 2.56 bits per heavy atom. The normalized spacial score (nSPS) is 20.7. The Labute approximate surface area is 115 Å². The van der Waals surface area contributed by atoms with Gasteiger partial charge < -0.3 is 5.32 Å². The summed E-state index contributed by atoms with van der Waals surface area (Å²) in [6.07, 6.45) is 0.521. The Hall–Kier alpha value is -1.25. The third-order valence-corrected chi connectivity index (χ3v) is 4.03. The highest BCUT2D eigenvalue weighted by atomic mass is 35.5. The van der Waals surface area contributed by atoms with Crippen LogP contribution in [0.3, 0.4) is 0 Å². The Kier molecular flexibility index (Phi) is 2.72. The van der Waals surface area contributed by atoms with Gasteiger partial charge in [-0.25, -0.2) is 0 Å². The monoisotopic (exact) mass is 279 g/mol. The van der Waals surface area contributed by atoms with Crippen molar-refractivity contribution in [3.8, 4) is 0 Å². The van der Waals surface area contributed by atoms with Crippen molar-refractivity contribution in [1.82, 2.24) is 0 Å². The molecule has 92 valence electrons. The molecule has 4 heteroatoms. The third kappa shape index (κ3) is 2.06. The minimum atomic E-state index is -0.880. The molecular formula is C14H11Cl2NO. The molecule has 2 aromatic rings. The number of nitrogens with one attached hydrogen (secondary N) is 1. The summed E-state index contributed by atoms with van der Waals surface area (Å²) < 4.78 is -0.880. The summed E-state index contributed by atoms with van der Waals surface area (Å²) in [7, 11) is 0. The van der Waals surface area contributed by atoms with E-state index in [9.17, 15) is 4.79 Å². The molecule has 0 radical (unpaired) electrons. The molecule has 0 bridgehead atoms. The average Bonchev–Trinajstić information content (AvgIpc) is 2.99. The third-order valence-electron chi connectivity index (χ3n) is 3.19. The molecule has 1 amide bonds. The maximum Gasteiger partial charge on any atom is 0.230 e. The highest BCUT2D eigenvalue weighted by Crippen LogP contribution is 2.53. The summed E-state index contributed by atoms with van der Waals surface area (Å²) in [4.78, 5) is 12.0. The first-order valence-corrected chi connectivity index (χ1v) is 6.50. The van der Waals surface area contributed by atoms with Crippen LogP contribution in [0.1, 0.15) is 6.42 Å². The van der Waals surface area contributed by atoms with Crippen LogP contribution in [0.5, 0.6) is 0 Å². The quantitative estimate of drug-likeness (QED) is 0.828. The van der Waals surface area contributed by atoms with Crippen molar-refractivity contribution in [3.05, 3.63) is 42.5 Å². The first-order valence-electron chi connectivity index (χ1n) is 5.74. The number of amides is 1. The van der Waals surface area contributed by atoms with E-state index in [1.165, 1.54) is 0 Å². The second-order valence-corrected chi connectivity index (χ2v) is 6.08. The average molecular weight is 280 g/mol. The van der Waals surface area contributed by atoms with Crippen molar-refractivity contribution < 1.29 is 4.79 Å². The number of fused-ring (bicyclic) bond motifs is 1. The molecule has 2 aromatic carbocycles. The Bertz CT molecular complexity index is 619. The van der Waals surface area contributed by atoms with E-state index < -0.39 is 4.33 Å². The summed E-state index contributed by atoms with van der Waals surface area (Å²) in [6, 6.07) is 13.7. The number of benzene rings is 2. The predicted octanol–water partition coefficient (Wildman–Crippen LogP) is 3.97. The molecule has 1 atom stereocenters. The van der Waals surface area contributed by atoms with Crippen LogP contribution in [0.4, 0.5) is 5.69 Å². The zero-order chi connectivity index (χ0) is 12.8. The molecule has 0 saturated heterocycles. The molecule has 1 N–H and O–H groups in total. The molecule has 1 aliphatic carbocycles. The minimum Gasteiger partial charge on any atom is -0.325 e. The number of carbonyl (C=O) groups is 1. The smallest absolute Gasteiger partial charge is 0.230 e. The van der Waals surface area contributed by atoms with Crippen LogP contribution in [0, 0.1) is 5.92 Å². The van der Waals surface area contributed by atoms with E-state index in [2.05, 4.69) is 5.32 Å². The van der Waals surface area contributed by atoms with Gasteiger partial charge >= 0.3 is 0 Å². The van der Waals surface area contributed by atoms with Crippen LogP contribution in [0.2, 0.25) is 0 Å². The topological polar surface area (TPSA) is 29.1 Å². The van der Waals surface area contributed by atoms with Crippen LogP contribution in [-0.2, 0) is 4.79 Å².